The third-order valence-electron chi connectivity index (χ3n) is 2.99. The molecule has 114 valence electrons. The molecule has 3 rings (SSSR count). The minimum absolute atomic E-state index is 0.270. The van der Waals surface area contributed by atoms with Crippen molar-refractivity contribution in [3.63, 3.8) is 0 Å². The molecule has 2 aromatic heterocycles. The van der Waals surface area contributed by atoms with Gasteiger partial charge in [0.1, 0.15) is 17.8 Å². The molecule has 1 N–H and O–H groups in total. The SMILES string of the molecule is Cc1cccc(C(=O)Nc2cccc(Oc3cncnc3)c2)n1. The van der Waals surface area contributed by atoms with Gasteiger partial charge in [-0.25, -0.2) is 15.0 Å². The molecule has 6 nitrogen and oxygen atoms in total. The highest BCUT2D eigenvalue weighted by atomic mass is 16.5. The number of nitrogens with one attached hydrogen (secondary N) is 1. The van der Waals surface area contributed by atoms with Gasteiger partial charge < -0.3 is 10.1 Å². The largest absolute Gasteiger partial charge is 0.454 e. The number of carbonyl (C=O) groups excluding carboxylic acids is 1. The topological polar surface area (TPSA) is 77.0 Å². The molecule has 0 fully saturated rings. The van der Waals surface area contributed by atoms with Crippen molar-refractivity contribution < 1.29 is 9.53 Å². The first-order valence-corrected chi connectivity index (χ1v) is 6.99. The third kappa shape index (κ3) is 3.88. The summed E-state index contributed by atoms with van der Waals surface area (Å²) in [7, 11) is 0. The second-order valence-corrected chi connectivity index (χ2v) is 4.82. The fourth-order valence-electron chi connectivity index (χ4n) is 1.98. The van der Waals surface area contributed by atoms with Crippen molar-refractivity contribution in [3.05, 3.63) is 72.6 Å². The van der Waals surface area contributed by atoms with Crippen LogP contribution < -0.4 is 10.1 Å². The first-order valence-electron chi connectivity index (χ1n) is 6.99. The molecule has 0 bridgehead atoms. The molecular formula is C17H14N4O2. The molecule has 0 unspecified atom stereocenters. The number of benzene rings is 1. The molecule has 2 heterocycles. The van der Waals surface area contributed by atoms with Gasteiger partial charge in [-0.3, -0.25) is 4.79 Å². The zero-order valence-corrected chi connectivity index (χ0v) is 12.4. The lowest BCUT2D eigenvalue weighted by atomic mass is 10.2. The average molecular weight is 306 g/mol. The number of amides is 1. The van der Waals surface area contributed by atoms with Gasteiger partial charge in [-0.15, -0.1) is 0 Å². The molecule has 0 aliphatic heterocycles. The highest BCUT2D eigenvalue weighted by Gasteiger charge is 2.08. The van der Waals surface area contributed by atoms with Crippen molar-refractivity contribution >= 4 is 11.6 Å². The van der Waals surface area contributed by atoms with Crippen LogP contribution in [-0.2, 0) is 0 Å². The van der Waals surface area contributed by atoms with Crippen molar-refractivity contribution in [1.82, 2.24) is 15.0 Å². The number of aryl methyl sites for hydroxylation is 1. The Balaban J connectivity index is 1.74. The number of hydrogen-bond donors (Lipinski definition) is 1. The van der Waals surface area contributed by atoms with E-state index in [-0.39, 0.29) is 5.91 Å². The molecule has 0 aliphatic carbocycles. The molecular weight excluding hydrogens is 292 g/mol. The van der Waals surface area contributed by atoms with E-state index >= 15 is 0 Å². The Morgan fingerprint density at radius 3 is 2.61 bits per heavy atom. The number of aromatic nitrogens is 3. The molecule has 1 amide bonds. The molecule has 0 spiro atoms. The fourth-order valence-corrected chi connectivity index (χ4v) is 1.98. The van der Waals surface area contributed by atoms with Gasteiger partial charge in [-0.2, -0.15) is 0 Å². The maximum Gasteiger partial charge on any atom is 0.274 e. The Hall–Kier alpha value is -3.28. The highest BCUT2D eigenvalue weighted by molar-refractivity contribution is 6.02. The summed E-state index contributed by atoms with van der Waals surface area (Å²) in [5.41, 5.74) is 1.78. The summed E-state index contributed by atoms with van der Waals surface area (Å²) in [5.74, 6) is 0.833. The van der Waals surface area contributed by atoms with Gasteiger partial charge in [0.15, 0.2) is 5.75 Å². The summed E-state index contributed by atoms with van der Waals surface area (Å²) in [6, 6.07) is 12.4. The zero-order valence-electron chi connectivity index (χ0n) is 12.4. The second-order valence-electron chi connectivity index (χ2n) is 4.82. The summed E-state index contributed by atoms with van der Waals surface area (Å²) in [6.45, 7) is 1.84. The van der Waals surface area contributed by atoms with E-state index in [9.17, 15) is 4.79 Å². The van der Waals surface area contributed by atoms with Crippen LogP contribution >= 0.6 is 0 Å². The van der Waals surface area contributed by atoms with Crippen LogP contribution in [0.15, 0.2) is 61.2 Å². The summed E-state index contributed by atoms with van der Waals surface area (Å²) in [4.78, 5) is 24.2. The molecule has 0 saturated carbocycles. The lowest BCUT2D eigenvalue weighted by Crippen LogP contribution is -2.13. The molecule has 6 heteroatoms. The first-order chi connectivity index (χ1) is 11.2. The van der Waals surface area contributed by atoms with Crippen LogP contribution in [0.2, 0.25) is 0 Å². The fraction of sp³-hybridized carbons (Fsp3) is 0.0588. The Morgan fingerprint density at radius 2 is 1.83 bits per heavy atom. The van der Waals surface area contributed by atoms with E-state index < -0.39 is 0 Å². The Labute approximate surface area is 133 Å². The summed E-state index contributed by atoms with van der Waals surface area (Å²) in [6.07, 6.45) is 4.56. The summed E-state index contributed by atoms with van der Waals surface area (Å²) >= 11 is 0. The van der Waals surface area contributed by atoms with E-state index in [1.807, 2.05) is 13.0 Å². The maximum atomic E-state index is 12.2. The molecule has 0 saturated heterocycles. The quantitative estimate of drug-likeness (QED) is 0.800. The Kier molecular flexibility index (Phi) is 4.24. The smallest absolute Gasteiger partial charge is 0.274 e. The minimum Gasteiger partial charge on any atom is -0.454 e. The highest BCUT2D eigenvalue weighted by Crippen LogP contribution is 2.23. The number of rotatable bonds is 4. The van der Waals surface area contributed by atoms with E-state index in [0.29, 0.717) is 22.9 Å². The van der Waals surface area contributed by atoms with Crippen molar-refractivity contribution in [2.45, 2.75) is 6.92 Å². The minimum atomic E-state index is -0.270. The normalized spacial score (nSPS) is 10.1. The van der Waals surface area contributed by atoms with Crippen LogP contribution in [0.3, 0.4) is 0 Å². The summed E-state index contributed by atoms with van der Waals surface area (Å²) in [5, 5.41) is 2.80. The van der Waals surface area contributed by atoms with Gasteiger partial charge in [0, 0.05) is 17.4 Å². The van der Waals surface area contributed by atoms with E-state index in [1.165, 1.54) is 6.33 Å². The van der Waals surface area contributed by atoms with Crippen molar-refractivity contribution in [2.75, 3.05) is 5.32 Å². The van der Waals surface area contributed by atoms with Gasteiger partial charge in [0.25, 0.3) is 5.91 Å². The Bertz CT molecular complexity index is 822. The van der Waals surface area contributed by atoms with Gasteiger partial charge >= 0.3 is 0 Å². The lowest BCUT2D eigenvalue weighted by molar-refractivity contribution is 0.102. The van der Waals surface area contributed by atoms with E-state index in [4.69, 9.17) is 4.74 Å². The van der Waals surface area contributed by atoms with Gasteiger partial charge in [-0.05, 0) is 31.2 Å². The van der Waals surface area contributed by atoms with Crippen LogP contribution in [0.1, 0.15) is 16.2 Å². The molecule has 1 aromatic carbocycles. The van der Waals surface area contributed by atoms with Crippen molar-refractivity contribution in [1.29, 1.82) is 0 Å². The van der Waals surface area contributed by atoms with Gasteiger partial charge in [0.2, 0.25) is 0 Å². The number of pyridine rings is 1. The zero-order chi connectivity index (χ0) is 16.1. The van der Waals surface area contributed by atoms with E-state index in [1.54, 1.807) is 48.8 Å². The van der Waals surface area contributed by atoms with Crippen LogP contribution in [0.4, 0.5) is 5.69 Å². The van der Waals surface area contributed by atoms with Crippen LogP contribution in [0, 0.1) is 6.92 Å². The first kappa shape index (κ1) is 14.6. The lowest BCUT2D eigenvalue weighted by Gasteiger charge is -2.08. The van der Waals surface area contributed by atoms with Crippen LogP contribution in [0.5, 0.6) is 11.5 Å². The van der Waals surface area contributed by atoms with Crippen molar-refractivity contribution in [3.8, 4) is 11.5 Å². The van der Waals surface area contributed by atoms with Gasteiger partial charge in [0.05, 0.1) is 12.4 Å². The molecule has 0 atom stereocenters. The number of hydrogen-bond acceptors (Lipinski definition) is 5. The Morgan fingerprint density at radius 1 is 1.04 bits per heavy atom. The van der Waals surface area contributed by atoms with E-state index in [2.05, 4.69) is 20.3 Å². The molecule has 3 aromatic rings. The standard InChI is InChI=1S/C17H14N4O2/c1-12-4-2-7-16(20-12)17(22)21-13-5-3-6-14(8-13)23-15-9-18-11-19-10-15/h2-11H,1H3,(H,21,22). The third-order valence-corrected chi connectivity index (χ3v) is 2.99. The number of carbonyl (C=O) groups is 1. The monoisotopic (exact) mass is 306 g/mol. The summed E-state index contributed by atoms with van der Waals surface area (Å²) < 4.78 is 5.63. The van der Waals surface area contributed by atoms with E-state index in [0.717, 1.165) is 5.69 Å². The number of nitrogens with zero attached hydrogens (tertiary/aromatic N) is 3. The molecule has 0 aliphatic rings. The average Bonchev–Trinajstić information content (AvgIpc) is 2.56. The van der Waals surface area contributed by atoms with Crippen LogP contribution in [0.25, 0.3) is 0 Å². The van der Waals surface area contributed by atoms with Crippen molar-refractivity contribution in [2.24, 2.45) is 0 Å². The molecule has 23 heavy (non-hydrogen) atoms. The maximum absolute atomic E-state index is 12.2. The van der Waals surface area contributed by atoms with Gasteiger partial charge in [-0.1, -0.05) is 12.1 Å². The second kappa shape index (κ2) is 6.65. The predicted molar refractivity (Wildman–Crippen MR) is 85.5 cm³/mol. The molecule has 0 radical (unpaired) electrons. The van der Waals surface area contributed by atoms with Crippen LogP contribution in [-0.4, -0.2) is 20.9 Å². The number of anilines is 1. The predicted octanol–water partition coefficient (Wildman–Crippen LogP) is 3.22. The number of ether oxygens (including phenoxy) is 1.